The lowest BCUT2D eigenvalue weighted by Gasteiger charge is -2.07. The topological polar surface area (TPSA) is 59.8 Å². The smallest absolute Gasteiger partial charge is 0.228 e. The first-order valence-corrected chi connectivity index (χ1v) is 6.03. The van der Waals surface area contributed by atoms with Crippen LogP contribution in [0.1, 0.15) is 18.5 Å². The molecule has 5 nitrogen and oxygen atoms in total. The summed E-state index contributed by atoms with van der Waals surface area (Å²) in [6, 6.07) is 7.46. The zero-order chi connectivity index (χ0) is 12.5. The Morgan fingerprint density at radius 2 is 2.28 bits per heavy atom. The summed E-state index contributed by atoms with van der Waals surface area (Å²) in [5, 5.41) is 7.27. The molecular formula is C13H14N4O. The first-order chi connectivity index (χ1) is 8.74. The number of amides is 1. The van der Waals surface area contributed by atoms with Crippen molar-refractivity contribution in [2.75, 3.05) is 5.32 Å². The quantitative estimate of drug-likeness (QED) is 0.894. The molecule has 1 aliphatic rings. The summed E-state index contributed by atoms with van der Waals surface area (Å²) in [4.78, 5) is 16.0. The molecule has 0 aromatic carbocycles. The predicted molar refractivity (Wildman–Crippen MR) is 67.4 cm³/mol. The molecule has 0 unspecified atom stereocenters. The number of carbonyl (C=O) groups excluding carboxylic acids is 1. The molecule has 1 fully saturated rings. The summed E-state index contributed by atoms with van der Waals surface area (Å²) < 4.78 is 1.66. The van der Waals surface area contributed by atoms with E-state index in [0.717, 1.165) is 18.5 Å². The molecule has 0 bridgehead atoms. The highest BCUT2D eigenvalue weighted by molar-refractivity contribution is 5.93. The van der Waals surface area contributed by atoms with Gasteiger partial charge < -0.3 is 5.32 Å². The maximum atomic E-state index is 11.8. The van der Waals surface area contributed by atoms with E-state index in [2.05, 4.69) is 15.4 Å². The molecule has 0 aliphatic heterocycles. The molecule has 0 atom stereocenters. The van der Waals surface area contributed by atoms with Crippen molar-refractivity contribution in [1.82, 2.24) is 14.8 Å². The predicted octanol–water partition coefficient (Wildman–Crippen LogP) is 1.92. The van der Waals surface area contributed by atoms with Gasteiger partial charge in [0, 0.05) is 18.2 Å². The highest BCUT2D eigenvalue weighted by Crippen LogP contribution is 2.30. The van der Waals surface area contributed by atoms with E-state index in [4.69, 9.17) is 0 Å². The number of hydrogen-bond donors (Lipinski definition) is 1. The summed E-state index contributed by atoms with van der Waals surface area (Å²) in [5.41, 5.74) is 0.853. The van der Waals surface area contributed by atoms with Gasteiger partial charge in [0.05, 0.1) is 5.69 Å². The van der Waals surface area contributed by atoms with E-state index in [0.29, 0.717) is 11.6 Å². The van der Waals surface area contributed by atoms with Gasteiger partial charge in [-0.15, -0.1) is 0 Å². The van der Waals surface area contributed by atoms with Crippen LogP contribution in [0.15, 0.2) is 30.5 Å². The van der Waals surface area contributed by atoms with E-state index in [1.807, 2.05) is 31.2 Å². The molecule has 0 saturated heterocycles. The van der Waals surface area contributed by atoms with Crippen LogP contribution >= 0.6 is 0 Å². The maximum Gasteiger partial charge on any atom is 0.228 e. The Morgan fingerprint density at radius 3 is 2.94 bits per heavy atom. The van der Waals surface area contributed by atoms with Crippen molar-refractivity contribution >= 4 is 11.7 Å². The number of nitrogens with one attached hydrogen (secondary N) is 1. The number of aryl methyl sites for hydroxylation is 1. The molecular weight excluding hydrogens is 228 g/mol. The molecule has 0 radical (unpaired) electrons. The number of carbonyl (C=O) groups is 1. The van der Waals surface area contributed by atoms with Crippen LogP contribution < -0.4 is 5.32 Å². The number of rotatable bonds is 3. The number of nitrogens with zero attached hydrogens (tertiary/aromatic N) is 3. The van der Waals surface area contributed by atoms with Crippen molar-refractivity contribution < 1.29 is 4.79 Å². The zero-order valence-corrected chi connectivity index (χ0v) is 10.1. The zero-order valence-electron chi connectivity index (χ0n) is 10.1. The van der Waals surface area contributed by atoms with E-state index in [-0.39, 0.29) is 11.8 Å². The Balaban J connectivity index is 1.92. The molecule has 5 heteroatoms. The third-order valence-corrected chi connectivity index (χ3v) is 2.90. The van der Waals surface area contributed by atoms with Gasteiger partial charge in [-0.1, -0.05) is 6.07 Å². The lowest BCUT2D eigenvalue weighted by Crippen LogP contribution is -2.16. The second kappa shape index (κ2) is 4.25. The summed E-state index contributed by atoms with van der Waals surface area (Å²) in [6.45, 7) is 1.90. The van der Waals surface area contributed by atoms with E-state index in [1.54, 1.807) is 10.9 Å². The molecule has 1 saturated carbocycles. The molecule has 2 heterocycles. The molecule has 18 heavy (non-hydrogen) atoms. The van der Waals surface area contributed by atoms with Crippen LogP contribution in [0, 0.1) is 12.8 Å². The monoisotopic (exact) mass is 242 g/mol. The Morgan fingerprint density at radius 1 is 1.44 bits per heavy atom. The highest BCUT2D eigenvalue weighted by Gasteiger charge is 2.30. The van der Waals surface area contributed by atoms with E-state index in [9.17, 15) is 4.79 Å². The van der Waals surface area contributed by atoms with Crippen molar-refractivity contribution in [2.45, 2.75) is 19.8 Å². The minimum Gasteiger partial charge on any atom is -0.310 e. The summed E-state index contributed by atoms with van der Waals surface area (Å²) >= 11 is 0. The molecule has 92 valence electrons. The second-order valence-electron chi connectivity index (χ2n) is 4.53. The summed E-state index contributed by atoms with van der Waals surface area (Å²) in [6.07, 6.45) is 3.68. The average molecular weight is 242 g/mol. The first kappa shape index (κ1) is 11.0. The molecule has 1 N–H and O–H groups in total. The fourth-order valence-corrected chi connectivity index (χ4v) is 1.82. The van der Waals surface area contributed by atoms with Crippen molar-refractivity contribution in [3.8, 4) is 5.82 Å². The van der Waals surface area contributed by atoms with Crippen molar-refractivity contribution in [3.63, 3.8) is 0 Å². The molecule has 0 spiro atoms. The normalized spacial score (nSPS) is 14.5. The largest absolute Gasteiger partial charge is 0.310 e. The van der Waals surface area contributed by atoms with Crippen molar-refractivity contribution in [3.05, 3.63) is 36.2 Å². The maximum absolute atomic E-state index is 11.8. The Kier molecular flexibility index (Phi) is 2.59. The van der Waals surface area contributed by atoms with Gasteiger partial charge in [0.1, 0.15) is 5.82 Å². The Bertz CT molecular complexity index is 572. The third kappa shape index (κ3) is 2.11. The first-order valence-electron chi connectivity index (χ1n) is 6.03. The second-order valence-corrected chi connectivity index (χ2v) is 4.53. The molecule has 1 amide bonds. The fraction of sp³-hybridized carbons (Fsp3) is 0.308. The number of aromatic nitrogens is 3. The lowest BCUT2D eigenvalue weighted by atomic mass is 10.4. The van der Waals surface area contributed by atoms with Crippen LogP contribution in [0.5, 0.6) is 0 Å². The number of anilines is 1. The molecule has 2 aromatic rings. The minimum atomic E-state index is 0.0760. The van der Waals surface area contributed by atoms with Gasteiger partial charge in [0.2, 0.25) is 5.91 Å². The van der Waals surface area contributed by atoms with Gasteiger partial charge in [0.25, 0.3) is 0 Å². The number of hydrogen-bond acceptors (Lipinski definition) is 3. The van der Waals surface area contributed by atoms with E-state index < -0.39 is 0 Å². The molecule has 1 aliphatic carbocycles. The lowest BCUT2D eigenvalue weighted by molar-refractivity contribution is -0.117. The van der Waals surface area contributed by atoms with Gasteiger partial charge in [-0.25, -0.2) is 4.98 Å². The Hall–Kier alpha value is -2.17. The SMILES string of the molecule is Cc1cc(NC(=O)C2CC2)n(-c2ccccn2)n1. The fourth-order valence-electron chi connectivity index (χ4n) is 1.82. The van der Waals surface area contributed by atoms with E-state index >= 15 is 0 Å². The standard InChI is InChI=1S/C13H14N4O/c1-9-8-12(15-13(18)10-5-6-10)17(16-9)11-4-2-3-7-14-11/h2-4,7-8,10H,5-6H2,1H3,(H,15,18). The van der Waals surface area contributed by atoms with Crippen LogP contribution in [0.25, 0.3) is 5.82 Å². The van der Waals surface area contributed by atoms with Gasteiger partial charge >= 0.3 is 0 Å². The summed E-state index contributed by atoms with van der Waals surface area (Å²) in [5.74, 6) is 1.64. The van der Waals surface area contributed by atoms with Crippen molar-refractivity contribution in [2.24, 2.45) is 5.92 Å². The van der Waals surface area contributed by atoms with Gasteiger partial charge in [-0.3, -0.25) is 4.79 Å². The van der Waals surface area contributed by atoms with Crippen LogP contribution in [-0.4, -0.2) is 20.7 Å². The Labute approximate surface area is 105 Å². The van der Waals surface area contributed by atoms with Gasteiger partial charge in [-0.05, 0) is 31.9 Å². The number of pyridine rings is 1. The van der Waals surface area contributed by atoms with Crippen LogP contribution in [-0.2, 0) is 4.79 Å². The van der Waals surface area contributed by atoms with Crippen LogP contribution in [0.4, 0.5) is 5.82 Å². The molecule has 2 aromatic heterocycles. The third-order valence-electron chi connectivity index (χ3n) is 2.90. The molecule has 3 rings (SSSR count). The minimum absolute atomic E-state index is 0.0760. The van der Waals surface area contributed by atoms with Crippen LogP contribution in [0.3, 0.4) is 0 Å². The van der Waals surface area contributed by atoms with Gasteiger partial charge in [0.15, 0.2) is 5.82 Å². The average Bonchev–Trinajstić information content (AvgIpc) is 3.16. The van der Waals surface area contributed by atoms with Gasteiger partial charge in [-0.2, -0.15) is 9.78 Å². The van der Waals surface area contributed by atoms with Crippen molar-refractivity contribution in [1.29, 1.82) is 0 Å². The van der Waals surface area contributed by atoms with Crippen LogP contribution in [0.2, 0.25) is 0 Å². The summed E-state index contributed by atoms with van der Waals surface area (Å²) in [7, 11) is 0. The van der Waals surface area contributed by atoms with E-state index in [1.165, 1.54) is 0 Å². The highest BCUT2D eigenvalue weighted by atomic mass is 16.2.